The van der Waals surface area contributed by atoms with E-state index in [4.69, 9.17) is 9.84 Å². The first-order valence-electron chi connectivity index (χ1n) is 4.48. The minimum Gasteiger partial charge on any atom is -0.481 e. The van der Waals surface area contributed by atoms with Crippen molar-refractivity contribution in [2.24, 2.45) is 0 Å². The van der Waals surface area contributed by atoms with Gasteiger partial charge in [-0.15, -0.1) is 0 Å². The fourth-order valence-corrected chi connectivity index (χ4v) is 0.875. The number of hydrogen-bond donors (Lipinski definition) is 1. The second kappa shape index (κ2) is 7.73. The first kappa shape index (κ1) is 12.1. The number of ether oxygens (including phenoxy) is 1. The van der Waals surface area contributed by atoms with Gasteiger partial charge in [-0.05, 0) is 12.8 Å². The van der Waals surface area contributed by atoms with Gasteiger partial charge in [0.05, 0.1) is 0 Å². The smallest absolute Gasteiger partial charge is 0.310 e. The van der Waals surface area contributed by atoms with Crippen LogP contribution in [0.2, 0.25) is 0 Å². The minimum absolute atomic E-state index is 0.229. The maximum atomic E-state index is 10.8. The Labute approximate surface area is 77.9 Å². The van der Waals surface area contributed by atoms with Gasteiger partial charge in [-0.25, -0.2) is 0 Å². The van der Waals surface area contributed by atoms with Crippen molar-refractivity contribution in [3.05, 3.63) is 0 Å². The lowest BCUT2D eigenvalue weighted by Gasteiger charge is -2.00. The predicted molar refractivity (Wildman–Crippen MR) is 47.6 cm³/mol. The summed E-state index contributed by atoms with van der Waals surface area (Å²) in [6.45, 7) is 3.25. The summed E-state index contributed by atoms with van der Waals surface area (Å²) in [6, 6.07) is 0. The summed E-state index contributed by atoms with van der Waals surface area (Å²) in [5.74, 6) is -1.29. The number of rotatable bonds is 8. The third-order valence-corrected chi connectivity index (χ3v) is 1.44. The molecule has 0 spiro atoms. The Kier molecular flexibility index (Phi) is 7.20. The second-order valence-electron chi connectivity index (χ2n) is 2.83. The molecule has 0 aliphatic heterocycles. The lowest BCUT2D eigenvalue weighted by Crippen LogP contribution is -2.07. The third-order valence-electron chi connectivity index (χ3n) is 1.44. The average molecular weight is 188 g/mol. The van der Waals surface area contributed by atoms with Crippen LogP contribution in [-0.4, -0.2) is 30.1 Å². The maximum absolute atomic E-state index is 10.8. The summed E-state index contributed by atoms with van der Waals surface area (Å²) >= 11 is 0. The molecule has 0 radical (unpaired) electrons. The van der Waals surface area contributed by atoms with Crippen LogP contribution in [0.25, 0.3) is 0 Å². The van der Waals surface area contributed by atoms with E-state index in [2.05, 4.69) is 0 Å². The maximum Gasteiger partial charge on any atom is 0.310 e. The first-order chi connectivity index (χ1) is 6.16. The quantitative estimate of drug-likeness (QED) is 0.459. The summed E-state index contributed by atoms with van der Waals surface area (Å²) in [7, 11) is 0. The van der Waals surface area contributed by atoms with Gasteiger partial charge in [0, 0.05) is 19.6 Å². The highest BCUT2D eigenvalue weighted by Gasteiger charge is 2.06. The molecule has 0 saturated heterocycles. The fraction of sp³-hybridized carbons (Fsp3) is 0.778. The Hall–Kier alpha value is -0.900. The number of carboxylic acid groups (broad SMARTS) is 1. The monoisotopic (exact) mass is 188 g/mol. The molecule has 13 heavy (non-hydrogen) atoms. The molecule has 0 heterocycles. The van der Waals surface area contributed by atoms with Gasteiger partial charge in [0.1, 0.15) is 12.2 Å². The molecule has 0 amide bonds. The van der Waals surface area contributed by atoms with Crippen molar-refractivity contribution in [2.75, 3.05) is 13.2 Å². The van der Waals surface area contributed by atoms with Crippen LogP contribution < -0.4 is 0 Å². The van der Waals surface area contributed by atoms with Crippen LogP contribution in [0, 0.1) is 0 Å². The molecule has 0 aliphatic rings. The average Bonchev–Trinajstić information content (AvgIpc) is 2.02. The minimum atomic E-state index is -1.06. The van der Waals surface area contributed by atoms with E-state index in [1.54, 1.807) is 0 Å². The summed E-state index contributed by atoms with van der Waals surface area (Å²) < 4.78 is 5.14. The molecule has 76 valence electrons. The van der Waals surface area contributed by atoms with E-state index in [-0.39, 0.29) is 12.2 Å². The molecule has 0 aliphatic carbocycles. The molecule has 1 N–H and O–H groups in total. The molecule has 0 aromatic rings. The van der Waals surface area contributed by atoms with Crippen molar-refractivity contribution in [1.29, 1.82) is 0 Å². The highest BCUT2D eigenvalue weighted by atomic mass is 16.5. The van der Waals surface area contributed by atoms with E-state index in [1.165, 1.54) is 0 Å². The number of carbonyl (C=O) groups is 2. The molecule has 0 bridgehead atoms. The lowest BCUT2D eigenvalue weighted by molar-refractivity contribution is -0.140. The Morgan fingerprint density at radius 3 is 2.54 bits per heavy atom. The van der Waals surface area contributed by atoms with Crippen molar-refractivity contribution < 1.29 is 19.4 Å². The van der Waals surface area contributed by atoms with E-state index in [9.17, 15) is 9.59 Å². The van der Waals surface area contributed by atoms with Crippen LogP contribution in [0.15, 0.2) is 0 Å². The van der Waals surface area contributed by atoms with E-state index in [1.807, 2.05) is 6.92 Å². The number of aliphatic carboxylic acids is 1. The van der Waals surface area contributed by atoms with Crippen molar-refractivity contribution in [3.63, 3.8) is 0 Å². The Morgan fingerprint density at radius 1 is 1.31 bits per heavy atom. The van der Waals surface area contributed by atoms with Gasteiger partial charge < -0.3 is 9.84 Å². The van der Waals surface area contributed by atoms with E-state index in [0.29, 0.717) is 26.1 Å². The Bertz CT molecular complexity index is 165. The molecule has 0 rings (SSSR count). The molecule has 0 unspecified atom stereocenters. The van der Waals surface area contributed by atoms with Crippen LogP contribution in [0.5, 0.6) is 0 Å². The lowest BCUT2D eigenvalue weighted by atomic mass is 10.2. The summed E-state index contributed by atoms with van der Waals surface area (Å²) in [6.07, 6.45) is 1.51. The summed E-state index contributed by atoms with van der Waals surface area (Å²) in [5, 5.41) is 8.27. The van der Waals surface area contributed by atoms with Crippen molar-refractivity contribution >= 4 is 11.8 Å². The number of Topliss-reactive ketones (excluding diaryl/α,β-unsaturated/α-hetero) is 1. The van der Waals surface area contributed by atoms with Gasteiger partial charge >= 0.3 is 5.97 Å². The molecule has 4 nitrogen and oxygen atoms in total. The van der Waals surface area contributed by atoms with Gasteiger partial charge in [0.15, 0.2) is 0 Å². The molecular weight excluding hydrogens is 172 g/mol. The zero-order valence-electron chi connectivity index (χ0n) is 7.91. The molecule has 0 aromatic carbocycles. The molecule has 0 fully saturated rings. The Morgan fingerprint density at radius 2 is 2.00 bits per heavy atom. The zero-order valence-corrected chi connectivity index (χ0v) is 7.91. The van der Waals surface area contributed by atoms with Gasteiger partial charge in [-0.1, -0.05) is 6.92 Å². The molecule has 0 saturated carbocycles. The highest BCUT2D eigenvalue weighted by Crippen LogP contribution is 1.96. The standard InChI is InChI=1S/C9H16O4/c1-2-5-13-6-3-4-8(10)7-9(11)12/h2-7H2,1H3,(H,11,12). The van der Waals surface area contributed by atoms with Crippen LogP contribution in [0.4, 0.5) is 0 Å². The van der Waals surface area contributed by atoms with Crippen LogP contribution >= 0.6 is 0 Å². The van der Waals surface area contributed by atoms with Gasteiger partial charge in [-0.3, -0.25) is 9.59 Å². The summed E-state index contributed by atoms with van der Waals surface area (Å²) in [5.41, 5.74) is 0. The van der Waals surface area contributed by atoms with Crippen molar-refractivity contribution in [3.8, 4) is 0 Å². The van der Waals surface area contributed by atoms with Gasteiger partial charge in [-0.2, -0.15) is 0 Å². The third kappa shape index (κ3) is 9.01. The number of carbonyl (C=O) groups excluding carboxylic acids is 1. The van der Waals surface area contributed by atoms with Crippen molar-refractivity contribution in [1.82, 2.24) is 0 Å². The molecule has 0 aromatic heterocycles. The zero-order chi connectivity index (χ0) is 10.1. The number of ketones is 1. The predicted octanol–water partition coefficient (Wildman–Crippen LogP) is 1.24. The van der Waals surface area contributed by atoms with E-state index in [0.717, 1.165) is 6.42 Å². The van der Waals surface area contributed by atoms with Crippen LogP contribution in [0.3, 0.4) is 0 Å². The highest BCUT2D eigenvalue weighted by molar-refractivity contribution is 5.94. The molecule has 0 atom stereocenters. The fourth-order valence-electron chi connectivity index (χ4n) is 0.875. The SMILES string of the molecule is CCCOCCCC(=O)CC(=O)O. The topological polar surface area (TPSA) is 63.6 Å². The van der Waals surface area contributed by atoms with Crippen LogP contribution in [0.1, 0.15) is 32.6 Å². The van der Waals surface area contributed by atoms with E-state index >= 15 is 0 Å². The number of carboxylic acids is 1. The second-order valence-corrected chi connectivity index (χ2v) is 2.83. The number of hydrogen-bond acceptors (Lipinski definition) is 3. The normalized spacial score (nSPS) is 9.92. The first-order valence-corrected chi connectivity index (χ1v) is 4.48. The van der Waals surface area contributed by atoms with Crippen LogP contribution in [-0.2, 0) is 14.3 Å². The van der Waals surface area contributed by atoms with Gasteiger partial charge in [0.2, 0.25) is 0 Å². The van der Waals surface area contributed by atoms with E-state index < -0.39 is 5.97 Å². The largest absolute Gasteiger partial charge is 0.481 e. The summed E-state index contributed by atoms with van der Waals surface area (Å²) in [4.78, 5) is 20.9. The molecular formula is C9H16O4. The Balaban J connectivity index is 3.22. The van der Waals surface area contributed by atoms with Crippen molar-refractivity contribution in [2.45, 2.75) is 32.6 Å². The van der Waals surface area contributed by atoms with Gasteiger partial charge in [0.25, 0.3) is 0 Å². The molecule has 4 heteroatoms.